The van der Waals surface area contributed by atoms with Crippen molar-refractivity contribution in [1.82, 2.24) is 5.32 Å². The smallest absolute Gasteiger partial charge is 0.339 e. The highest BCUT2D eigenvalue weighted by molar-refractivity contribution is 7.99. The molecule has 0 bridgehead atoms. The van der Waals surface area contributed by atoms with Crippen molar-refractivity contribution >= 4 is 40.9 Å². The quantitative estimate of drug-likeness (QED) is 0.829. The van der Waals surface area contributed by atoms with Crippen molar-refractivity contribution in [3.8, 4) is 0 Å². The van der Waals surface area contributed by atoms with E-state index < -0.39 is 5.97 Å². The van der Waals surface area contributed by atoms with E-state index in [2.05, 4.69) is 15.4 Å². The van der Waals surface area contributed by atoms with Gasteiger partial charge in [0, 0.05) is 36.2 Å². The van der Waals surface area contributed by atoms with Crippen LogP contribution in [0.5, 0.6) is 0 Å². The molecule has 5 nitrogen and oxygen atoms in total. The van der Waals surface area contributed by atoms with Gasteiger partial charge in [0.05, 0.1) is 17.7 Å². The monoisotopic (exact) mass is 328 g/mol. The van der Waals surface area contributed by atoms with E-state index in [-0.39, 0.29) is 22.5 Å². The molecule has 1 aliphatic rings. The summed E-state index contributed by atoms with van der Waals surface area (Å²) < 4.78 is 4.62. The second kappa shape index (κ2) is 7.68. The summed E-state index contributed by atoms with van der Waals surface area (Å²) in [4.78, 5) is 23.4. The van der Waals surface area contributed by atoms with Crippen molar-refractivity contribution in [2.24, 2.45) is 0 Å². The van der Waals surface area contributed by atoms with Crippen molar-refractivity contribution in [1.29, 1.82) is 0 Å². The summed E-state index contributed by atoms with van der Waals surface area (Å²) in [5.41, 5.74) is 0.851. The molecule has 0 saturated carbocycles. The Morgan fingerprint density at radius 3 is 2.95 bits per heavy atom. The number of methoxy groups -OCH3 is 1. The minimum Gasteiger partial charge on any atom is -0.465 e. The third kappa shape index (κ3) is 4.62. The van der Waals surface area contributed by atoms with E-state index in [0.717, 1.165) is 18.1 Å². The summed E-state index contributed by atoms with van der Waals surface area (Å²) in [5.74, 6) is 1.45. The Bertz CT molecular complexity index is 533. The molecule has 1 aliphatic heterocycles. The van der Waals surface area contributed by atoms with Crippen molar-refractivity contribution in [2.75, 3.05) is 30.5 Å². The number of hydrogen-bond acceptors (Lipinski definition) is 5. The largest absolute Gasteiger partial charge is 0.465 e. The van der Waals surface area contributed by atoms with E-state index in [1.54, 1.807) is 18.2 Å². The number of rotatable bonds is 4. The van der Waals surface area contributed by atoms with Crippen LogP contribution in [-0.4, -0.2) is 43.1 Å². The first-order valence-corrected chi connectivity index (χ1v) is 8.12. The maximum absolute atomic E-state index is 12.0. The average molecular weight is 329 g/mol. The van der Waals surface area contributed by atoms with E-state index in [9.17, 15) is 9.59 Å². The molecular weight excluding hydrogens is 312 g/mol. The Hall–Kier alpha value is -1.24. The first-order chi connectivity index (χ1) is 10.1. The summed E-state index contributed by atoms with van der Waals surface area (Å²) >= 11 is 7.86. The van der Waals surface area contributed by atoms with Crippen LogP contribution < -0.4 is 10.6 Å². The van der Waals surface area contributed by atoms with Gasteiger partial charge >= 0.3 is 5.97 Å². The number of hydrogen-bond donors (Lipinski definition) is 2. The minimum atomic E-state index is -0.499. The van der Waals surface area contributed by atoms with Gasteiger partial charge in [0.1, 0.15) is 0 Å². The molecule has 1 unspecified atom stereocenters. The van der Waals surface area contributed by atoms with Crippen molar-refractivity contribution < 1.29 is 14.3 Å². The van der Waals surface area contributed by atoms with Crippen LogP contribution in [0.2, 0.25) is 5.02 Å². The van der Waals surface area contributed by atoms with E-state index in [1.165, 1.54) is 7.11 Å². The van der Waals surface area contributed by atoms with Gasteiger partial charge in [-0.2, -0.15) is 11.8 Å². The fraction of sp³-hybridized carbons (Fsp3) is 0.429. The lowest BCUT2D eigenvalue weighted by Crippen LogP contribution is -2.39. The SMILES string of the molecule is COC(=O)c1ccc(NC(=O)CC2CSCCN2)cc1Cl. The van der Waals surface area contributed by atoms with Crippen molar-refractivity contribution in [3.05, 3.63) is 28.8 Å². The Kier molecular flexibility index (Phi) is 5.90. The van der Waals surface area contributed by atoms with E-state index >= 15 is 0 Å². The predicted molar refractivity (Wildman–Crippen MR) is 85.2 cm³/mol. The molecule has 1 atom stereocenters. The lowest BCUT2D eigenvalue weighted by atomic mass is 10.2. The molecular formula is C14H17ClN2O3S. The molecule has 1 aromatic carbocycles. The molecule has 2 N–H and O–H groups in total. The number of thioether (sulfide) groups is 1. The molecule has 7 heteroatoms. The van der Waals surface area contributed by atoms with Gasteiger partial charge < -0.3 is 15.4 Å². The van der Waals surface area contributed by atoms with Crippen molar-refractivity contribution in [2.45, 2.75) is 12.5 Å². The molecule has 1 heterocycles. The zero-order chi connectivity index (χ0) is 15.2. The summed E-state index contributed by atoms with van der Waals surface area (Å²) in [7, 11) is 1.30. The van der Waals surface area contributed by atoms with Gasteiger partial charge in [-0.05, 0) is 18.2 Å². The van der Waals surface area contributed by atoms with Crippen molar-refractivity contribution in [3.63, 3.8) is 0 Å². The molecule has 0 aromatic heterocycles. The Morgan fingerprint density at radius 1 is 1.52 bits per heavy atom. The number of nitrogens with one attached hydrogen (secondary N) is 2. The van der Waals surface area contributed by atoms with Crippen LogP contribution in [-0.2, 0) is 9.53 Å². The summed E-state index contributed by atoms with van der Waals surface area (Å²) in [5, 5.41) is 6.35. The summed E-state index contributed by atoms with van der Waals surface area (Å²) in [6.45, 7) is 0.933. The highest BCUT2D eigenvalue weighted by Crippen LogP contribution is 2.22. The van der Waals surface area contributed by atoms with E-state index in [0.29, 0.717) is 12.1 Å². The van der Waals surface area contributed by atoms with E-state index in [1.807, 2.05) is 11.8 Å². The van der Waals surface area contributed by atoms with Gasteiger partial charge in [-0.25, -0.2) is 4.79 Å². The maximum Gasteiger partial charge on any atom is 0.339 e. The molecule has 0 aliphatic carbocycles. The number of ether oxygens (including phenoxy) is 1. The third-order valence-corrected chi connectivity index (χ3v) is 4.53. The van der Waals surface area contributed by atoms with Crippen LogP contribution in [0.3, 0.4) is 0 Å². The number of benzene rings is 1. The van der Waals surface area contributed by atoms with Crippen LogP contribution in [0.4, 0.5) is 5.69 Å². The number of amides is 1. The first-order valence-electron chi connectivity index (χ1n) is 6.59. The van der Waals surface area contributed by atoms with Gasteiger partial charge in [-0.15, -0.1) is 0 Å². The Balaban J connectivity index is 1.94. The molecule has 2 rings (SSSR count). The number of carbonyl (C=O) groups is 2. The number of halogens is 1. The van der Waals surface area contributed by atoms with Crippen LogP contribution >= 0.6 is 23.4 Å². The number of carbonyl (C=O) groups excluding carboxylic acids is 2. The highest BCUT2D eigenvalue weighted by Gasteiger charge is 2.17. The van der Waals surface area contributed by atoms with Crippen LogP contribution in [0.25, 0.3) is 0 Å². The molecule has 114 valence electrons. The molecule has 1 fully saturated rings. The zero-order valence-corrected chi connectivity index (χ0v) is 13.2. The second-order valence-electron chi connectivity index (χ2n) is 4.66. The number of anilines is 1. The molecule has 0 radical (unpaired) electrons. The Labute approximate surface area is 132 Å². The minimum absolute atomic E-state index is 0.0723. The zero-order valence-electron chi connectivity index (χ0n) is 11.6. The summed E-state index contributed by atoms with van der Waals surface area (Å²) in [6.07, 6.45) is 0.420. The standard InChI is InChI=1S/C14H17ClN2O3S/c1-20-14(19)11-3-2-9(6-12(11)15)17-13(18)7-10-8-21-5-4-16-10/h2-3,6,10,16H,4-5,7-8H2,1H3,(H,17,18). The molecule has 1 amide bonds. The summed E-state index contributed by atoms with van der Waals surface area (Å²) in [6, 6.07) is 4.93. The fourth-order valence-corrected chi connectivity index (χ4v) is 3.26. The highest BCUT2D eigenvalue weighted by atomic mass is 35.5. The first kappa shape index (κ1) is 16.1. The average Bonchev–Trinajstić information content (AvgIpc) is 2.47. The number of esters is 1. The lowest BCUT2D eigenvalue weighted by Gasteiger charge is -2.22. The van der Waals surface area contributed by atoms with Crippen LogP contribution in [0.15, 0.2) is 18.2 Å². The van der Waals surface area contributed by atoms with Gasteiger partial charge in [0.2, 0.25) is 5.91 Å². The molecule has 1 saturated heterocycles. The van der Waals surface area contributed by atoms with Crippen LogP contribution in [0, 0.1) is 0 Å². The van der Waals surface area contributed by atoms with E-state index in [4.69, 9.17) is 11.6 Å². The van der Waals surface area contributed by atoms with Gasteiger partial charge in [0.25, 0.3) is 0 Å². The second-order valence-corrected chi connectivity index (χ2v) is 6.22. The molecule has 0 spiro atoms. The lowest BCUT2D eigenvalue weighted by molar-refractivity contribution is -0.116. The molecule has 1 aromatic rings. The van der Waals surface area contributed by atoms with Crippen LogP contribution in [0.1, 0.15) is 16.8 Å². The topological polar surface area (TPSA) is 67.4 Å². The predicted octanol–water partition coefficient (Wildman–Crippen LogP) is 2.16. The fourth-order valence-electron chi connectivity index (χ4n) is 2.06. The molecule has 21 heavy (non-hydrogen) atoms. The maximum atomic E-state index is 12.0. The third-order valence-electron chi connectivity index (χ3n) is 3.09. The van der Waals surface area contributed by atoms with Gasteiger partial charge in [0.15, 0.2) is 0 Å². The van der Waals surface area contributed by atoms with Gasteiger partial charge in [-0.1, -0.05) is 11.6 Å². The normalized spacial score (nSPS) is 18.1. The Morgan fingerprint density at radius 2 is 2.33 bits per heavy atom. The van der Waals surface area contributed by atoms with Gasteiger partial charge in [-0.3, -0.25) is 4.79 Å².